The molecule has 0 spiro atoms. The molecule has 1 aromatic carbocycles. The Hall–Kier alpha value is -1.55. The Kier molecular flexibility index (Phi) is 4.12. The van der Waals surface area contributed by atoms with Crippen LogP contribution in [0.1, 0.15) is 10.4 Å². The zero-order valence-electron chi connectivity index (χ0n) is 7.85. The Balaban J connectivity index is 2.67. The van der Waals surface area contributed by atoms with Crippen molar-refractivity contribution in [2.24, 2.45) is 5.73 Å². The molecule has 1 atom stereocenters. The average molecular weight is 228 g/mol. The second-order valence-corrected chi connectivity index (χ2v) is 3.13. The first-order valence-corrected chi connectivity index (χ1v) is 4.80. The minimum Gasteiger partial charge on any atom is -0.447 e. The lowest BCUT2D eigenvalue weighted by atomic mass is 10.2. The van der Waals surface area contributed by atoms with Gasteiger partial charge in [-0.15, -0.1) is 11.6 Å². The number of benzene rings is 1. The van der Waals surface area contributed by atoms with Gasteiger partial charge in [-0.2, -0.15) is 0 Å². The smallest absolute Gasteiger partial charge is 0.338 e. The number of hydrogen-bond acceptors (Lipinski definition) is 3. The van der Waals surface area contributed by atoms with Crippen molar-refractivity contribution in [3.05, 3.63) is 35.9 Å². The molecule has 0 bridgehead atoms. The Morgan fingerprint density at radius 3 is 2.40 bits per heavy atom. The van der Waals surface area contributed by atoms with Crippen molar-refractivity contribution in [2.45, 2.75) is 6.10 Å². The maximum Gasteiger partial charge on any atom is 0.338 e. The molecule has 0 aliphatic heterocycles. The first kappa shape index (κ1) is 11.5. The molecule has 5 heteroatoms. The van der Waals surface area contributed by atoms with E-state index >= 15 is 0 Å². The van der Waals surface area contributed by atoms with Gasteiger partial charge in [0.1, 0.15) is 0 Å². The summed E-state index contributed by atoms with van der Waals surface area (Å²) in [6.45, 7) is 0. The number of hydrogen-bond donors (Lipinski definition) is 1. The summed E-state index contributed by atoms with van der Waals surface area (Å²) in [5.41, 5.74) is 5.33. The SMILES string of the molecule is NC(=O)[C@@H](CCl)OC(=O)c1ccccc1. The van der Waals surface area contributed by atoms with Gasteiger partial charge in [0, 0.05) is 0 Å². The summed E-state index contributed by atoms with van der Waals surface area (Å²) < 4.78 is 4.80. The summed E-state index contributed by atoms with van der Waals surface area (Å²) in [6, 6.07) is 8.31. The molecule has 0 heterocycles. The van der Waals surface area contributed by atoms with Crippen molar-refractivity contribution in [2.75, 3.05) is 5.88 Å². The molecule has 2 N–H and O–H groups in total. The van der Waals surface area contributed by atoms with Crippen LogP contribution in [0.15, 0.2) is 30.3 Å². The highest BCUT2D eigenvalue weighted by atomic mass is 35.5. The molecule has 15 heavy (non-hydrogen) atoms. The van der Waals surface area contributed by atoms with Crippen LogP contribution in [0.2, 0.25) is 0 Å². The second kappa shape index (κ2) is 5.36. The van der Waals surface area contributed by atoms with E-state index in [1.165, 1.54) is 0 Å². The average Bonchev–Trinajstić information content (AvgIpc) is 2.26. The van der Waals surface area contributed by atoms with Gasteiger partial charge in [-0.25, -0.2) is 4.79 Å². The molecule has 0 aromatic heterocycles. The van der Waals surface area contributed by atoms with Crippen molar-refractivity contribution in [3.8, 4) is 0 Å². The number of halogens is 1. The van der Waals surface area contributed by atoms with E-state index in [0.29, 0.717) is 5.56 Å². The maximum absolute atomic E-state index is 11.4. The standard InChI is InChI=1S/C10H10ClNO3/c11-6-8(9(12)13)15-10(14)7-4-2-1-3-5-7/h1-5,8H,6H2,(H2,12,13)/t8-/m1/s1. The van der Waals surface area contributed by atoms with Gasteiger partial charge in [0.25, 0.3) is 5.91 Å². The summed E-state index contributed by atoms with van der Waals surface area (Å²) >= 11 is 5.42. The van der Waals surface area contributed by atoms with E-state index in [2.05, 4.69) is 0 Å². The van der Waals surface area contributed by atoms with E-state index in [1.54, 1.807) is 30.3 Å². The largest absolute Gasteiger partial charge is 0.447 e. The van der Waals surface area contributed by atoms with Crippen LogP contribution in [0.4, 0.5) is 0 Å². The maximum atomic E-state index is 11.4. The molecule has 1 amide bonds. The van der Waals surface area contributed by atoms with Crippen molar-refractivity contribution in [1.29, 1.82) is 0 Å². The Morgan fingerprint density at radius 1 is 1.33 bits per heavy atom. The van der Waals surface area contributed by atoms with Crippen LogP contribution in [0, 0.1) is 0 Å². The third-order valence-electron chi connectivity index (χ3n) is 1.72. The summed E-state index contributed by atoms with van der Waals surface area (Å²) in [6.07, 6.45) is -1.08. The van der Waals surface area contributed by atoms with E-state index in [0.717, 1.165) is 0 Å². The molecule has 0 fully saturated rings. The number of primary amides is 1. The number of ether oxygens (including phenoxy) is 1. The molecular formula is C10H10ClNO3. The van der Waals surface area contributed by atoms with Crippen molar-refractivity contribution in [1.82, 2.24) is 0 Å². The van der Waals surface area contributed by atoms with Crippen LogP contribution >= 0.6 is 11.6 Å². The van der Waals surface area contributed by atoms with Gasteiger partial charge >= 0.3 is 5.97 Å². The molecule has 0 aliphatic rings. The van der Waals surface area contributed by atoms with E-state index < -0.39 is 18.0 Å². The third-order valence-corrected chi connectivity index (χ3v) is 2.00. The molecule has 1 aromatic rings. The summed E-state index contributed by atoms with van der Waals surface area (Å²) in [5.74, 6) is -1.51. The number of esters is 1. The fourth-order valence-electron chi connectivity index (χ4n) is 0.937. The molecule has 1 rings (SSSR count). The first-order chi connectivity index (χ1) is 7.15. The molecule has 0 saturated heterocycles. The normalized spacial score (nSPS) is 11.8. The third kappa shape index (κ3) is 3.25. The lowest BCUT2D eigenvalue weighted by Gasteiger charge is -2.11. The topological polar surface area (TPSA) is 69.4 Å². The number of carbonyl (C=O) groups is 2. The van der Waals surface area contributed by atoms with Gasteiger partial charge in [0.15, 0.2) is 6.10 Å². The second-order valence-electron chi connectivity index (χ2n) is 2.82. The van der Waals surface area contributed by atoms with Crippen LogP contribution in [-0.4, -0.2) is 23.9 Å². The van der Waals surface area contributed by atoms with Crippen LogP contribution < -0.4 is 5.73 Å². The van der Waals surface area contributed by atoms with E-state index in [4.69, 9.17) is 22.1 Å². The molecular weight excluding hydrogens is 218 g/mol. The highest BCUT2D eigenvalue weighted by molar-refractivity contribution is 6.19. The van der Waals surface area contributed by atoms with Gasteiger partial charge in [0.05, 0.1) is 11.4 Å². The molecule has 4 nitrogen and oxygen atoms in total. The van der Waals surface area contributed by atoms with Gasteiger partial charge in [-0.1, -0.05) is 18.2 Å². The van der Waals surface area contributed by atoms with Crippen LogP contribution in [0.5, 0.6) is 0 Å². The van der Waals surface area contributed by atoms with Crippen molar-refractivity contribution < 1.29 is 14.3 Å². The van der Waals surface area contributed by atoms with Gasteiger partial charge in [-0.05, 0) is 12.1 Å². The lowest BCUT2D eigenvalue weighted by molar-refractivity contribution is -0.125. The summed E-state index contributed by atoms with van der Waals surface area (Å²) in [5, 5.41) is 0. The summed E-state index contributed by atoms with van der Waals surface area (Å²) in [4.78, 5) is 22.2. The van der Waals surface area contributed by atoms with Gasteiger partial charge in [-0.3, -0.25) is 4.79 Å². The van der Waals surface area contributed by atoms with Gasteiger partial charge in [0.2, 0.25) is 0 Å². The highest BCUT2D eigenvalue weighted by Gasteiger charge is 2.19. The van der Waals surface area contributed by atoms with E-state index in [1.807, 2.05) is 0 Å². The molecule has 0 radical (unpaired) electrons. The zero-order valence-corrected chi connectivity index (χ0v) is 8.61. The predicted octanol–water partition coefficient (Wildman–Crippen LogP) is 0.936. The molecule has 0 aliphatic carbocycles. The highest BCUT2D eigenvalue weighted by Crippen LogP contribution is 2.04. The van der Waals surface area contributed by atoms with Crippen LogP contribution in [0.25, 0.3) is 0 Å². The number of amides is 1. The predicted molar refractivity (Wildman–Crippen MR) is 55.6 cm³/mol. The quantitative estimate of drug-likeness (QED) is 0.615. The fraction of sp³-hybridized carbons (Fsp3) is 0.200. The fourth-order valence-corrected chi connectivity index (χ4v) is 1.15. The molecule has 0 unspecified atom stereocenters. The monoisotopic (exact) mass is 227 g/mol. The van der Waals surface area contributed by atoms with Crippen molar-refractivity contribution in [3.63, 3.8) is 0 Å². The Labute approximate surface area is 92.0 Å². The van der Waals surface area contributed by atoms with E-state index in [-0.39, 0.29) is 5.88 Å². The minimum absolute atomic E-state index is 0.145. The number of rotatable bonds is 4. The first-order valence-electron chi connectivity index (χ1n) is 4.26. The van der Waals surface area contributed by atoms with E-state index in [9.17, 15) is 9.59 Å². The summed E-state index contributed by atoms with van der Waals surface area (Å²) in [7, 11) is 0. The Morgan fingerprint density at radius 2 is 1.93 bits per heavy atom. The Bertz CT molecular complexity index is 353. The number of carbonyl (C=O) groups excluding carboxylic acids is 2. The minimum atomic E-state index is -1.08. The van der Waals surface area contributed by atoms with Crippen LogP contribution in [0.3, 0.4) is 0 Å². The van der Waals surface area contributed by atoms with Crippen LogP contribution in [-0.2, 0) is 9.53 Å². The lowest BCUT2D eigenvalue weighted by Crippen LogP contribution is -2.34. The van der Waals surface area contributed by atoms with Crippen molar-refractivity contribution >= 4 is 23.5 Å². The zero-order chi connectivity index (χ0) is 11.3. The van der Waals surface area contributed by atoms with Gasteiger partial charge < -0.3 is 10.5 Å². The number of alkyl halides is 1. The molecule has 0 saturated carbocycles. The number of nitrogens with two attached hydrogens (primary N) is 1. The molecule has 80 valence electrons.